The van der Waals surface area contributed by atoms with Gasteiger partial charge in [-0.3, -0.25) is 4.79 Å². The van der Waals surface area contributed by atoms with Crippen molar-refractivity contribution >= 4 is 39.8 Å². The number of hydrogen-bond donors (Lipinski definition) is 3. The van der Waals surface area contributed by atoms with E-state index in [2.05, 4.69) is 10.6 Å². The van der Waals surface area contributed by atoms with Gasteiger partial charge >= 0.3 is 5.97 Å². The third-order valence-corrected chi connectivity index (χ3v) is 6.92. The predicted octanol–water partition coefficient (Wildman–Crippen LogP) is 5.40. The third-order valence-electron chi connectivity index (χ3n) is 6.58. The summed E-state index contributed by atoms with van der Waals surface area (Å²) < 4.78 is 61.9. The summed E-state index contributed by atoms with van der Waals surface area (Å²) in [6, 6.07) is 7.40. The molecule has 0 atom stereocenters. The Morgan fingerprint density at radius 3 is 2.43 bits per heavy atom. The van der Waals surface area contributed by atoms with Crippen LogP contribution in [-0.4, -0.2) is 43.5 Å². The maximum Gasteiger partial charge on any atom is 0.343 e. The van der Waals surface area contributed by atoms with Crippen LogP contribution >= 0.6 is 11.6 Å². The fourth-order valence-corrected chi connectivity index (χ4v) is 4.81. The average molecular weight is 606 g/mol. The van der Waals surface area contributed by atoms with Crippen molar-refractivity contribution in [3.05, 3.63) is 85.9 Å². The van der Waals surface area contributed by atoms with E-state index in [1.54, 1.807) is 18.2 Å². The third kappa shape index (κ3) is 5.42. The Morgan fingerprint density at radius 1 is 1.07 bits per heavy atom. The van der Waals surface area contributed by atoms with Crippen LogP contribution in [0.2, 0.25) is 5.02 Å². The smallest absolute Gasteiger partial charge is 0.343 e. The molecule has 222 valence electrons. The van der Waals surface area contributed by atoms with Crippen LogP contribution in [0.5, 0.6) is 11.5 Å². The van der Waals surface area contributed by atoms with Crippen LogP contribution in [0.1, 0.15) is 28.4 Å². The van der Waals surface area contributed by atoms with Gasteiger partial charge in [0.05, 0.1) is 55.4 Å². The second-order valence-electron chi connectivity index (χ2n) is 8.90. The number of carbonyl (C=O) groups is 1. The first-order chi connectivity index (χ1) is 20.1. The summed E-state index contributed by atoms with van der Waals surface area (Å²) >= 11 is 6.25. The minimum Gasteiger partial charge on any atom is -0.497 e. The number of aromatic nitrogens is 1. The maximum atomic E-state index is 15.2. The van der Waals surface area contributed by atoms with Gasteiger partial charge in [0.15, 0.2) is 11.6 Å². The van der Waals surface area contributed by atoms with Crippen molar-refractivity contribution in [1.29, 1.82) is 0 Å². The van der Waals surface area contributed by atoms with E-state index >= 15 is 4.39 Å². The fourth-order valence-electron chi connectivity index (χ4n) is 4.54. The number of aliphatic hydroxyl groups is 1. The van der Waals surface area contributed by atoms with Crippen LogP contribution in [0.25, 0.3) is 16.6 Å². The zero-order valence-electron chi connectivity index (χ0n) is 23.0. The van der Waals surface area contributed by atoms with Crippen molar-refractivity contribution in [1.82, 2.24) is 4.57 Å². The van der Waals surface area contributed by atoms with Crippen molar-refractivity contribution in [2.75, 3.05) is 38.5 Å². The first-order valence-electron chi connectivity index (χ1n) is 12.6. The normalized spacial score (nSPS) is 11.0. The number of ether oxygens (including phenoxy) is 3. The van der Waals surface area contributed by atoms with E-state index in [4.69, 9.17) is 25.8 Å². The number of hydrogen-bond acceptors (Lipinski definition) is 8. The van der Waals surface area contributed by atoms with Gasteiger partial charge in [-0.2, -0.15) is 0 Å². The molecule has 4 aromatic rings. The van der Waals surface area contributed by atoms with Crippen LogP contribution < -0.4 is 25.5 Å². The van der Waals surface area contributed by atoms with Crippen LogP contribution in [0.15, 0.2) is 41.3 Å². The molecule has 0 aliphatic heterocycles. The molecule has 0 amide bonds. The Bertz CT molecular complexity index is 1750. The Kier molecular flexibility index (Phi) is 9.17. The predicted molar refractivity (Wildman–Crippen MR) is 153 cm³/mol. The zero-order chi connectivity index (χ0) is 30.7. The van der Waals surface area contributed by atoms with E-state index in [-0.39, 0.29) is 35.6 Å². The standard InChI is InChI=1S/C29H27ClF3N3O6/c1-5-42-29(39)17-12-36(27-22(28(17)38)26(34-2)25(33)24(32)23(27)30)20-10-19(18(31)8-15(20)13-37)35-11-14-6-7-16(40-3)9-21(14)41-4/h6-10,12,34-35,37H,5,11,13H2,1-4H3. The summed E-state index contributed by atoms with van der Waals surface area (Å²) in [6.45, 7) is 0.851. The molecule has 3 N–H and O–H groups in total. The molecule has 9 nitrogen and oxygen atoms in total. The molecule has 0 radical (unpaired) electrons. The lowest BCUT2D eigenvalue weighted by Crippen LogP contribution is -2.23. The number of aliphatic hydroxyl groups excluding tert-OH is 1. The van der Waals surface area contributed by atoms with E-state index in [0.29, 0.717) is 17.1 Å². The van der Waals surface area contributed by atoms with Crippen LogP contribution in [-0.2, 0) is 17.9 Å². The number of benzene rings is 3. The SMILES string of the molecule is CCOC(=O)c1cn(-c2cc(NCc3ccc(OC)cc3OC)c(F)cc2CO)c2c(Cl)c(F)c(F)c(NC)c2c1=O. The highest BCUT2D eigenvalue weighted by molar-refractivity contribution is 6.36. The van der Waals surface area contributed by atoms with Gasteiger partial charge in [0.1, 0.15) is 27.9 Å². The van der Waals surface area contributed by atoms with Crippen LogP contribution in [0.4, 0.5) is 24.5 Å². The first-order valence-corrected chi connectivity index (χ1v) is 13.0. The molecular weight excluding hydrogens is 579 g/mol. The van der Waals surface area contributed by atoms with Gasteiger partial charge in [-0.05, 0) is 31.2 Å². The van der Waals surface area contributed by atoms with E-state index in [0.717, 1.165) is 16.8 Å². The molecule has 0 aliphatic carbocycles. The highest BCUT2D eigenvalue weighted by Crippen LogP contribution is 2.37. The lowest BCUT2D eigenvalue weighted by molar-refractivity contribution is 0.0524. The van der Waals surface area contributed by atoms with Gasteiger partial charge in [0.25, 0.3) is 0 Å². The van der Waals surface area contributed by atoms with E-state index < -0.39 is 57.1 Å². The summed E-state index contributed by atoms with van der Waals surface area (Å²) in [7, 11) is 4.24. The molecule has 0 saturated heterocycles. The quantitative estimate of drug-likeness (QED) is 0.163. The Balaban J connectivity index is 1.99. The summed E-state index contributed by atoms with van der Waals surface area (Å²) in [6.07, 6.45) is 1.04. The molecule has 1 heterocycles. The Hall–Kier alpha value is -4.42. The van der Waals surface area contributed by atoms with Gasteiger partial charge < -0.3 is 34.5 Å². The number of fused-ring (bicyclic) bond motifs is 1. The molecular formula is C29H27ClF3N3O6. The number of halogens is 4. The molecule has 0 bridgehead atoms. The number of carbonyl (C=O) groups excluding carboxylic acids is 1. The topological polar surface area (TPSA) is 111 Å². The summed E-state index contributed by atoms with van der Waals surface area (Å²) in [4.78, 5) is 26.2. The minimum atomic E-state index is -1.46. The zero-order valence-corrected chi connectivity index (χ0v) is 23.8. The molecule has 4 rings (SSSR count). The van der Waals surface area contributed by atoms with Crippen molar-refractivity contribution in [2.45, 2.75) is 20.1 Å². The van der Waals surface area contributed by atoms with E-state index in [1.165, 1.54) is 34.3 Å². The molecule has 3 aromatic carbocycles. The molecule has 0 aliphatic rings. The van der Waals surface area contributed by atoms with Crippen LogP contribution in [0.3, 0.4) is 0 Å². The Morgan fingerprint density at radius 2 is 1.81 bits per heavy atom. The molecule has 1 aromatic heterocycles. The summed E-state index contributed by atoms with van der Waals surface area (Å²) in [5.74, 6) is -3.63. The Labute approximate surface area is 243 Å². The maximum absolute atomic E-state index is 15.2. The lowest BCUT2D eigenvalue weighted by atomic mass is 10.1. The highest BCUT2D eigenvalue weighted by Gasteiger charge is 2.27. The molecule has 0 saturated carbocycles. The number of esters is 1. The number of pyridine rings is 1. The van der Waals surface area contributed by atoms with Gasteiger partial charge in [0.2, 0.25) is 5.43 Å². The number of nitrogens with zero attached hydrogens (tertiary/aromatic N) is 1. The average Bonchev–Trinajstić information content (AvgIpc) is 2.99. The first kappa shape index (κ1) is 30.5. The van der Waals surface area contributed by atoms with Crippen molar-refractivity contribution in [3.8, 4) is 17.2 Å². The van der Waals surface area contributed by atoms with Crippen molar-refractivity contribution < 1.29 is 37.3 Å². The molecule has 0 fully saturated rings. The number of anilines is 2. The van der Waals surface area contributed by atoms with Gasteiger partial charge in [-0.15, -0.1) is 0 Å². The fraction of sp³-hybridized carbons (Fsp3) is 0.241. The molecule has 42 heavy (non-hydrogen) atoms. The second kappa shape index (κ2) is 12.6. The van der Waals surface area contributed by atoms with E-state index in [1.807, 2.05) is 0 Å². The molecule has 13 heteroatoms. The molecule has 0 unspecified atom stereocenters. The van der Waals surface area contributed by atoms with E-state index in [9.17, 15) is 23.5 Å². The van der Waals surface area contributed by atoms with Gasteiger partial charge in [-0.25, -0.2) is 18.0 Å². The largest absolute Gasteiger partial charge is 0.497 e. The van der Waals surface area contributed by atoms with Crippen LogP contribution in [0, 0.1) is 17.5 Å². The van der Waals surface area contributed by atoms with Crippen molar-refractivity contribution in [3.63, 3.8) is 0 Å². The van der Waals surface area contributed by atoms with Crippen molar-refractivity contribution in [2.24, 2.45) is 0 Å². The van der Waals surface area contributed by atoms with Gasteiger partial charge in [0, 0.05) is 37.0 Å². The number of methoxy groups -OCH3 is 2. The summed E-state index contributed by atoms with van der Waals surface area (Å²) in [5.41, 5.74) is -1.74. The second-order valence-corrected chi connectivity index (χ2v) is 9.28. The minimum absolute atomic E-state index is 0.00774. The van der Waals surface area contributed by atoms with Gasteiger partial charge in [-0.1, -0.05) is 11.6 Å². The molecule has 0 spiro atoms. The monoisotopic (exact) mass is 605 g/mol. The highest BCUT2D eigenvalue weighted by atomic mass is 35.5. The lowest BCUT2D eigenvalue weighted by Gasteiger charge is -2.21. The number of nitrogens with one attached hydrogen (secondary N) is 2. The number of rotatable bonds is 10. The summed E-state index contributed by atoms with van der Waals surface area (Å²) in [5, 5.41) is 14.3.